The number of rotatable bonds is 8. The van der Waals surface area contributed by atoms with Gasteiger partial charge in [0.1, 0.15) is 0 Å². The number of benzene rings is 1. The number of hydrogen-bond donors (Lipinski definition) is 1. The number of amides is 2. The zero-order valence-electron chi connectivity index (χ0n) is 13.1. The monoisotopic (exact) mass is 290 g/mol. The summed E-state index contributed by atoms with van der Waals surface area (Å²) < 4.78 is 0. The van der Waals surface area contributed by atoms with E-state index in [1.54, 1.807) is 4.90 Å². The van der Waals surface area contributed by atoms with Gasteiger partial charge in [-0.2, -0.15) is 0 Å². The molecule has 0 aromatic heterocycles. The summed E-state index contributed by atoms with van der Waals surface area (Å²) in [6, 6.07) is 9.92. The molecule has 1 aromatic rings. The van der Waals surface area contributed by atoms with Gasteiger partial charge in [-0.25, -0.2) is 0 Å². The van der Waals surface area contributed by atoms with Gasteiger partial charge < -0.3 is 10.2 Å². The van der Waals surface area contributed by atoms with Crippen LogP contribution in [0.25, 0.3) is 0 Å². The fourth-order valence-corrected chi connectivity index (χ4v) is 2.12. The van der Waals surface area contributed by atoms with Crippen molar-refractivity contribution in [1.82, 2.24) is 10.2 Å². The summed E-state index contributed by atoms with van der Waals surface area (Å²) in [5.74, 6) is -0.895. The molecule has 0 heterocycles. The molecule has 116 valence electrons. The van der Waals surface area contributed by atoms with Crippen LogP contribution in [0.1, 0.15) is 38.7 Å². The Balaban J connectivity index is 2.39. The van der Waals surface area contributed by atoms with E-state index in [-0.39, 0.29) is 0 Å². The molecule has 0 unspecified atom stereocenters. The SMILES string of the molecule is CCCCN(CCC)C(=O)C(=O)NCCc1ccccc1. The summed E-state index contributed by atoms with van der Waals surface area (Å²) in [7, 11) is 0. The van der Waals surface area contributed by atoms with Gasteiger partial charge in [0.2, 0.25) is 0 Å². The summed E-state index contributed by atoms with van der Waals surface area (Å²) in [6.07, 6.45) is 3.56. The van der Waals surface area contributed by atoms with E-state index in [1.165, 1.54) is 0 Å². The number of unbranched alkanes of at least 4 members (excludes halogenated alkanes) is 1. The Morgan fingerprint density at radius 1 is 1.05 bits per heavy atom. The number of nitrogens with zero attached hydrogens (tertiary/aromatic N) is 1. The molecule has 4 heteroatoms. The third-order valence-corrected chi connectivity index (χ3v) is 3.30. The highest BCUT2D eigenvalue weighted by Gasteiger charge is 2.20. The maximum absolute atomic E-state index is 12.1. The predicted molar refractivity (Wildman–Crippen MR) is 84.9 cm³/mol. The van der Waals surface area contributed by atoms with Crippen molar-refractivity contribution in [2.24, 2.45) is 0 Å². The molecule has 0 aliphatic carbocycles. The molecule has 0 aliphatic heterocycles. The van der Waals surface area contributed by atoms with Gasteiger partial charge in [0, 0.05) is 19.6 Å². The minimum Gasteiger partial charge on any atom is -0.347 e. The standard InChI is InChI=1S/C17H26N2O2/c1-3-5-14-19(13-4-2)17(21)16(20)18-12-11-15-9-7-6-8-10-15/h6-10H,3-5,11-14H2,1-2H3,(H,18,20). The minimum atomic E-state index is -0.490. The molecule has 0 spiro atoms. The van der Waals surface area contributed by atoms with Crippen molar-refractivity contribution in [2.45, 2.75) is 39.5 Å². The van der Waals surface area contributed by atoms with Crippen LogP contribution in [0, 0.1) is 0 Å². The van der Waals surface area contributed by atoms with Crippen molar-refractivity contribution < 1.29 is 9.59 Å². The van der Waals surface area contributed by atoms with Crippen LogP contribution in [-0.2, 0) is 16.0 Å². The van der Waals surface area contributed by atoms with Gasteiger partial charge in [-0.15, -0.1) is 0 Å². The lowest BCUT2D eigenvalue weighted by Crippen LogP contribution is -2.44. The van der Waals surface area contributed by atoms with E-state index in [9.17, 15) is 9.59 Å². The molecule has 0 fully saturated rings. The topological polar surface area (TPSA) is 49.4 Å². The van der Waals surface area contributed by atoms with E-state index in [2.05, 4.69) is 12.2 Å². The summed E-state index contributed by atoms with van der Waals surface area (Å²) >= 11 is 0. The lowest BCUT2D eigenvalue weighted by atomic mass is 10.1. The molecule has 1 rings (SSSR count). The Bertz CT molecular complexity index is 432. The number of hydrogen-bond acceptors (Lipinski definition) is 2. The zero-order chi connectivity index (χ0) is 15.5. The molecule has 0 bridgehead atoms. The second kappa shape index (κ2) is 9.97. The van der Waals surface area contributed by atoms with Crippen LogP contribution >= 0.6 is 0 Å². The van der Waals surface area contributed by atoms with Crippen LogP contribution < -0.4 is 5.32 Å². The van der Waals surface area contributed by atoms with Crippen molar-refractivity contribution in [3.05, 3.63) is 35.9 Å². The van der Waals surface area contributed by atoms with Crippen LogP contribution in [0.4, 0.5) is 0 Å². The zero-order valence-corrected chi connectivity index (χ0v) is 13.1. The van der Waals surface area contributed by atoms with E-state index in [4.69, 9.17) is 0 Å². The Hall–Kier alpha value is -1.84. The molecule has 1 aromatic carbocycles. The summed E-state index contributed by atoms with van der Waals surface area (Å²) in [4.78, 5) is 25.7. The smallest absolute Gasteiger partial charge is 0.311 e. The molecule has 2 amide bonds. The first-order chi connectivity index (χ1) is 10.2. The van der Waals surface area contributed by atoms with Crippen molar-refractivity contribution >= 4 is 11.8 Å². The van der Waals surface area contributed by atoms with Gasteiger partial charge in [0.15, 0.2) is 0 Å². The van der Waals surface area contributed by atoms with Gasteiger partial charge in [0.05, 0.1) is 0 Å². The van der Waals surface area contributed by atoms with Crippen molar-refractivity contribution in [3.63, 3.8) is 0 Å². The largest absolute Gasteiger partial charge is 0.347 e. The lowest BCUT2D eigenvalue weighted by Gasteiger charge is -2.21. The third-order valence-electron chi connectivity index (χ3n) is 3.30. The Morgan fingerprint density at radius 2 is 1.76 bits per heavy atom. The number of carbonyl (C=O) groups excluding carboxylic acids is 2. The molecule has 0 radical (unpaired) electrons. The molecular formula is C17H26N2O2. The van der Waals surface area contributed by atoms with E-state index in [0.29, 0.717) is 19.6 Å². The Morgan fingerprint density at radius 3 is 2.38 bits per heavy atom. The van der Waals surface area contributed by atoms with Gasteiger partial charge in [-0.3, -0.25) is 9.59 Å². The van der Waals surface area contributed by atoms with Crippen LogP contribution in [-0.4, -0.2) is 36.3 Å². The maximum atomic E-state index is 12.1. The van der Waals surface area contributed by atoms with Crippen molar-refractivity contribution in [2.75, 3.05) is 19.6 Å². The molecule has 0 saturated heterocycles. The van der Waals surface area contributed by atoms with E-state index in [0.717, 1.165) is 31.2 Å². The lowest BCUT2D eigenvalue weighted by molar-refractivity contribution is -0.145. The average Bonchev–Trinajstić information content (AvgIpc) is 2.51. The first kappa shape index (κ1) is 17.2. The maximum Gasteiger partial charge on any atom is 0.311 e. The highest BCUT2D eigenvalue weighted by molar-refractivity contribution is 6.35. The Kier molecular flexibility index (Phi) is 8.17. The second-order valence-corrected chi connectivity index (χ2v) is 5.14. The molecule has 0 atom stereocenters. The average molecular weight is 290 g/mol. The van der Waals surface area contributed by atoms with Crippen LogP contribution in [0.2, 0.25) is 0 Å². The Labute approximate surface area is 127 Å². The summed E-state index contributed by atoms with van der Waals surface area (Å²) in [5, 5.41) is 2.72. The molecule has 0 aliphatic rings. The van der Waals surface area contributed by atoms with Crippen LogP contribution in [0.5, 0.6) is 0 Å². The first-order valence-electron chi connectivity index (χ1n) is 7.80. The quantitative estimate of drug-likeness (QED) is 0.747. The van der Waals surface area contributed by atoms with Crippen LogP contribution in [0.3, 0.4) is 0 Å². The van der Waals surface area contributed by atoms with Crippen LogP contribution in [0.15, 0.2) is 30.3 Å². The third kappa shape index (κ3) is 6.43. The molecule has 4 nitrogen and oxygen atoms in total. The molecule has 21 heavy (non-hydrogen) atoms. The summed E-state index contributed by atoms with van der Waals surface area (Å²) in [5.41, 5.74) is 1.15. The van der Waals surface area contributed by atoms with Crippen molar-refractivity contribution in [1.29, 1.82) is 0 Å². The van der Waals surface area contributed by atoms with Crippen molar-refractivity contribution in [3.8, 4) is 0 Å². The number of carbonyl (C=O) groups is 2. The normalized spacial score (nSPS) is 10.2. The second-order valence-electron chi connectivity index (χ2n) is 5.14. The highest BCUT2D eigenvalue weighted by Crippen LogP contribution is 2.00. The predicted octanol–water partition coefficient (Wildman–Crippen LogP) is 2.38. The fraction of sp³-hybridized carbons (Fsp3) is 0.529. The van der Waals surface area contributed by atoms with Gasteiger partial charge in [0.25, 0.3) is 0 Å². The number of nitrogens with one attached hydrogen (secondary N) is 1. The van der Waals surface area contributed by atoms with Gasteiger partial charge in [-0.05, 0) is 24.8 Å². The van der Waals surface area contributed by atoms with E-state index >= 15 is 0 Å². The minimum absolute atomic E-state index is 0.404. The molecular weight excluding hydrogens is 264 g/mol. The fourth-order valence-electron chi connectivity index (χ4n) is 2.12. The van der Waals surface area contributed by atoms with E-state index < -0.39 is 11.8 Å². The van der Waals surface area contributed by atoms with Gasteiger partial charge in [-0.1, -0.05) is 50.6 Å². The first-order valence-corrected chi connectivity index (χ1v) is 7.80. The van der Waals surface area contributed by atoms with Gasteiger partial charge >= 0.3 is 11.8 Å². The molecule has 0 saturated carbocycles. The van der Waals surface area contributed by atoms with E-state index in [1.807, 2.05) is 37.3 Å². The molecule has 1 N–H and O–H groups in total. The summed E-state index contributed by atoms with van der Waals surface area (Å²) in [6.45, 7) is 5.89. The highest BCUT2D eigenvalue weighted by atomic mass is 16.2.